The van der Waals surface area contributed by atoms with Gasteiger partial charge < -0.3 is 15.0 Å². The summed E-state index contributed by atoms with van der Waals surface area (Å²) in [4.78, 5) is 4.61. The maximum Gasteiger partial charge on any atom is 0.234 e. The lowest BCUT2D eigenvalue weighted by Crippen LogP contribution is -2.45. The molecule has 0 saturated heterocycles. The van der Waals surface area contributed by atoms with E-state index in [9.17, 15) is 0 Å². The van der Waals surface area contributed by atoms with E-state index in [1.807, 2.05) is 6.92 Å². The number of nitrogens with two attached hydrogens (primary N) is 1. The van der Waals surface area contributed by atoms with Crippen LogP contribution in [0.5, 0.6) is 0 Å². The number of rotatable bonds is 6. The van der Waals surface area contributed by atoms with Gasteiger partial charge in [-0.05, 0) is 33.1 Å². The highest BCUT2D eigenvalue weighted by Gasteiger charge is 2.41. The summed E-state index contributed by atoms with van der Waals surface area (Å²) in [5.41, 5.74) is 6.10. The highest BCUT2D eigenvalue weighted by Crippen LogP contribution is 2.38. The van der Waals surface area contributed by atoms with Gasteiger partial charge in [0.25, 0.3) is 0 Å². The zero-order valence-corrected chi connectivity index (χ0v) is 12.9. The minimum absolute atomic E-state index is 0.0640. The van der Waals surface area contributed by atoms with Crippen molar-refractivity contribution in [1.29, 1.82) is 0 Å². The lowest BCUT2D eigenvalue weighted by molar-refractivity contribution is 0.0477. The monoisotopic (exact) mass is 281 g/mol. The van der Waals surface area contributed by atoms with Crippen molar-refractivity contribution >= 4 is 0 Å². The molecule has 1 aliphatic carbocycles. The quantitative estimate of drug-likeness (QED) is 0.867. The summed E-state index contributed by atoms with van der Waals surface area (Å²) in [5, 5.41) is 4.14. The van der Waals surface area contributed by atoms with Crippen LogP contribution in [0.25, 0.3) is 0 Å². The zero-order valence-electron chi connectivity index (χ0n) is 12.9. The van der Waals surface area contributed by atoms with E-state index in [0.717, 1.165) is 25.7 Å². The van der Waals surface area contributed by atoms with Crippen LogP contribution in [0.3, 0.4) is 0 Å². The maximum absolute atomic E-state index is 6.29. The van der Waals surface area contributed by atoms with E-state index in [0.29, 0.717) is 18.3 Å². The topological polar surface area (TPSA) is 74.2 Å². The molecule has 1 fully saturated rings. The van der Waals surface area contributed by atoms with Crippen molar-refractivity contribution in [2.75, 3.05) is 6.61 Å². The largest absolute Gasteiger partial charge is 0.370 e. The Labute approximate surface area is 121 Å². The Kier molecular flexibility index (Phi) is 5.16. The molecule has 0 spiro atoms. The molecule has 0 radical (unpaired) electrons. The molecule has 2 N–H and O–H groups in total. The van der Waals surface area contributed by atoms with E-state index < -0.39 is 0 Å². The smallest absolute Gasteiger partial charge is 0.234 e. The predicted octanol–water partition coefficient (Wildman–Crippen LogP) is 3.11. The standard InChI is InChI=1S/C15H27N3O2/c1-4-8-11(19-5-2)13-17-14(20-18-13)15(3)10-7-6-9-12(15)16/h11-12H,4-10,16H2,1-3H3. The molecule has 5 heteroatoms. The third-order valence-electron chi connectivity index (χ3n) is 4.42. The number of aromatic nitrogens is 2. The molecule has 0 aromatic carbocycles. The second-order valence-corrected chi connectivity index (χ2v) is 5.96. The number of nitrogens with zero attached hydrogens (tertiary/aromatic N) is 2. The van der Waals surface area contributed by atoms with Crippen LogP contribution < -0.4 is 5.73 Å². The van der Waals surface area contributed by atoms with Crippen LogP contribution >= 0.6 is 0 Å². The average Bonchev–Trinajstić information content (AvgIpc) is 2.92. The molecule has 5 nitrogen and oxygen atoms in total. The van der Waals surface area contributed by atoms with Crippen LogP contribution in [0, 0.1) is 0 Å². The van der Waals surface area contributed by atoms with Crippen molar-refractivity contribution in [2.45, 2.75) is 76.9 Å². The maximum atomic E-state index is 6.29. The van der Waals surface area contributed by atoms with Gasteiger partial charge in [-0.25, -0.2) is 0 Å². The van der Waals surface area contributed by atoms with Crippen LogP contribution in [0.2, 0.25) is 0 Å². The Bertz CT molecular complexity index is 415. The second kappa shape index (κ2) is 6.68. The molecule has 1 aromatic rings. The SMILES string of the molecule is CCCC(OCC)c1noc(C2(C)CCCCC2N)n1. The van der Waals surface area contributed by atoms with Gasteiger partial charge in [-0.1, -0.05) is 31.3 Å². The van der Waals surface area contributed by atoms with Gasteiger partial charge >= 0.3 is 0 Å². The Morgan fingerprint density at radius 3 is 2.90 bits per heavy atom. The Balaban J connectivity index is 2.18. The molecule has 20 heavy (non-hydrogen) atoms. The first kappa shape index (κ1) is 15.4. The van der Waals surface area contributed by atoms with Crippen LogP contribution in [-0.4, -0.2) is 22.8 Å². The van der Waals surface area contributed by atoms with Crippen molar-refractivity contribution in [3.8, 4) is 0 Å². The fourth-order valence-corrected chi connectivity index (χ4v) is 2.97. The van der Waals surface area contributed by atoms with E-state index in [1.165, 1.54) is 12.8 Å². The van der Waals surface area contributed by atoms with Gasteiger partial charge in [-0.3, -0.25) is 0 Å². The lowest BCUT2D eigenvalue weighted by Gasteiger charge is -2.35. The van der Waals surface area contributed by atoms with E-state index >= 15 is 0 Å². The molecule has 3 atom stereocenters. The third-order valence-corrected chi connectivity index (χ3v) is 4.42. The van der Waals surface area contributed by atoms with Crippen molar-refractivity contribution in [2.24, 2.45) is 5.73 Å². The van der Waals surface area contributed by atoms with Crippen LogP contribution in [0.4, 0.5) is 0 Å². The molecule has 114 valence electrons. The molecule has 0 amide bonds. The van der Waals surface area contributed by atoms with Gasteiger partial charge in [-0.2, -0.15) is 4.98 Å². The molecule has 1 aliphatic rings. The Morgan fingerprint density at radius 1 is 1.45 bits per heavy atom. The van der Waals surface area contributed by atoms with Gasteiger partial charge in [0.05, 0.1) is 5.41 Å². The van der Waals surface area contributed by atoms with Crippen molar-refractivity contribution in [3.63, 3.8) is 0 Å². The van der Waals surface area contributed by atoms with Crippen LogP contribution in [0.15, 0.2) is 4.52 Å². The molecule has 0 aliphatic heterocycles. The first-order valence-corrected chi connectivity index (χ1v) is 7.83. The number of ether oxygens (including phenoxy) is 1. The van der Waals surface area contributed by atoms with E-state index in [-0.39, 0.29) is 17.6 Å². The summed E-state index contributed by atoms with van der Waals surface area (Å²) in [6, 6.07) is 0.0984. The first-order valence-electron chi connectivity index (χ1n) is 7.83. The van der Waals surface area contributed by atoms with E-state index in [2.05, 4.69) is 24.0 Å². The van der Waals surface area contributed by atoms with Gasteiger partial charge in [0.2, 0.25) is 11.7 Å². The lowest BCUT2D eigenvalue weighted by atomic mass is 9.72. The van der Waals surface area contributed by atoms with E-state index in [4.69, 9.17) is 15.0 Å². The molecule has 3 unspecified atom stereocenters. The minimum Gasteiger partial charge on any atom is -0.370 e. The summed E-state index contributed by atoms with van der Waals surface area (Å²) < 4.78 is 11.2. The molecule has 0 bridgehead atoms. The summed E-state index contributed by atoms with van der Waals surface area (Å²) in [6.07, 6.45) is 6.29. The first-order chi connectivity index (χ1) is 9.61. The molecular weight excluding hydrogens is 254 g/mol. The second-order valence-electron chi connectivity index (χ2n) is 5.96. The molecule has 1 heterocycles. The summed E-state index contributed by atoms with van der Waals surface area (Å²) in [6.45, 7) is 6.92. The minimum atomic E-state index is -0.188. The van der Waals surface area contributed by atoms with Crippen LogP contribution in [-0.2, 0) is 10.2 Å². The summed E-state index contributed by atoms with van der Waals surface area (Å²) >= 11 is 0. The fourth-order valence-electron chi connectivity index (χ4n) is 2.97. The van der Waals surface area contributed by atoms with Gasteiger partial charge in [0, 0.05) is 12.6 Å². The molecule has 1 saturated carbocycles. The van der Waals surface area contributed by atoms with Crippen molar-refractivity contribution in [1.82, 2.24) is 10.1 Å². The number of hydrogen-bond acceptors (Lipinski definition) is 5. The van der Waals surface area contributed by atoms with Crippen molar-refractivity contribution < 1.29 is 9.26 Å². The third kappa shape index (κ3) is 3.04. The molecular formula is C15H27N3O2. The highest BCUT2D eigenvalue weighted by molar-refractivity contribution is 5.10. The predicted molar refractivity (Wildman–Crippen MR) is 77.4 cm³/mol. The Hall–Kier alpha value is -0.940. The molecule has 1 aromatic heterocycles. The van der Waals surface area contributed by atoms with Crippen molar-refractivity contribution in [3.05, 3.63) is 11.7 Å². The Morgan fingerprint density at radius 2 is 2.25 bits per heavy atom. The zero-order chi connectivity index (χ0) is 14.6. The fraction of sp³-hybridized carbons (Fsp3) is 0.867. The average molecular weight is 281 g/mol. The van der Waals surface area contributed by atoms with E-state index in [1.54, 1.807) is 0 Å². The normalized spacial score (nSPS) is 28.5. The highest BCUT2D eigenvalue weighted by atomic mass is 16.5. The van der Waals surface area contributed by atoms with Gasteiger partial charge in [0.15, 0.2) is 0 Å². The van der Waals surface area contributed by atoms with Gasteiger partial charge in [0.1, 0.15) is 6.10 Å². The molecule has 2 rings (SSSR count). The van der Waals surface area contributed by atoms with Crippen LogP contribution in [0.1, 0.15) is 77.1 Å². The number of hydrogen-bond donors (Lipinski definition) is 1. The summed E-state index contributed by atoms with van der Waals surface area (Å²) in [5.74, 6) is 1.35. The van der Waals surface area contributed by atoms with Gasteiger partial charge in [-0.15, -0.1) is 0 Å². The summed E-state index contributed by atoms with van der Waals surface area (Å²) in [7, 11) is 0.